The number of carbonyl (C=O) groups is 1. The molecule has 0 radical (unpaired) electrons. The van der Waals surface area contributed by atoms with E-state index in [0.717, 1.165) is 12.0 Å². The van der Waals surface area contributed by atoms with Crippen LogP contribution in [-0.2, 0) is 6.54 Å². The number of urea groups is 1. The summed E-state index contributed by atoms with van der Waals surface area (Å²) in [6, 6.07) is 7.63. The molecule has 0 spiro atoms. The molecule has 1 aromatic carbocycles. The van der Waals surface area contributed by atoms with E-state index in [9.17, 15) is 9.18 Å². The zero-order chi connectivity index (χ0) is 14.4. The minimum absolute atomic E-state index is 0.162. The zero-order valence-corrected chi connectivity index (χ0v) is 12.1. The predicted molar refractivity (Wildman–Crippen MR) is 80.4 cm³/mol. The molecule has 106 valence electrons. The highest BCUT2D eigenvalue weighted by Gasteiger charge is 2.13. The minimum atomic E-state index is -0.313. The van der Waals surface area contributed by atoms with Crippen LogP contribution in [0.25, 0.3) is 0 Å². The number of nitrogens with zero attached hydrogens (tertiary/aromatic N) is 1. The second-order valence-electron chi connectivity index (χ2n) is 4.49. The normalized spacial score (nSPS) is 10.3. The lowest BCUT2D eigenvalue weighted by atomic mass is 10.3. The molecule has 0 aliphatic rings. The summed E-state index contributed by atoms with van der Waals surface area (Å²) < 4.78 is 12.8. The van der Waals surface area contributed by atoms with Crippen molar-refractivity contribution in [3.63, 3.8) is 0 Å². The zero-order valence-electron chi connectivity index (χ0n) is 11.3. The van der Waals surface area contributed by atoms with Crippen LogP contribution in [0.4, 0.5) is 14.9 Å². The van der Waals surface area contributed by atoms with Gasteiger partial charge in [-0.05, 0) is 53.1 Å². The fourth-order valence-corrected chi connectivity index (χ4v) is 2.52. The summed E-state index contributed by atoms with van der Waals surface area (Å²) in [4.78, 5) is 14.0. The van der Waals surface area contributed by atoms with Crippen LogP contribution >= 0.6 is 11.3 Å². The number of benzene rings is 1. The van der Waals surface area contributed by atoms with Gasteiger partial charge in [0.2, 0.25) is 0 Å². The maximum Gasteiger partial charge on any atom is 0.322 e. The number of carbonyl (C=O) groups excluding carboxylic acids is 1. The third-order valence-electron chi connectivity index (χ3n) is 2.83. The number of hydrogen-bond acceptors (Lipinski definition) is 2. The Morgan fingerprint density at radius 2 is 2.05 bits per heavy atom. The van der Waals surface area contributed by atoms with E-state index < -0.39 is 0 Å². The Balaban J connectivity index is 2.01. The Bertz CT molecular complexity index is 540. The van der Waals surface area contributed by atoms with Crippen LogP contribution in [0.5, 0.6) is 0 Å². The maximum atomic E-state index is 12.8. The van der Waals surface area contributed by atoms with Gasteiger partial charge < -0.3 is 10.2 Å². The second-order valence-corrected chi connectivity index (χ2v) is 5.27. The van der Waals surface area contributed by atoms with E-state index >= 15 is 0 Å². The molecular formula is C15H17FN2OS. The first-order valence-corrected chi connectivity index (χ1v) is 7.46. The Labute approximate surface area is 122 Å². The molecule has 0 aliphatic carbocycles. The van der Waals surface area contributed by atoms with Crippen molar-refractivity contribution < 1.29 is 9.18 Å². The Kier molecular flexibility index (Phi) is 5.12. The monoisotopic (exact) mass is 292 g/mol. The quantitative estimate of drug-likeness (QED) is 0.874. The van der Waals surface area contributed by atoms with Crippen molar-refractivity contribution >= 4 is 23.1 Å². The lowest BCUT2D eigenvalue weighted by molar-refractivity contribution is 0.209. The Morgan fingerprint density at radius 1 is 1.30 bits per heavy atom. The summed E-state index contributed by atoms with van der Waals surface area (Å²) in [7, 11) is 0. The topological polar surface area (TPSA) is 32.3 Å². The first-order valence-electron chi connectivity index (χ1n) is 6.51. The molecule has 5 heteroatoms. The van der Waals surface area contributed by atoms with Gasteiger partial charge >= 0.3 is 6.03 Å². The first kappa shape index (κ1) is 14.5. The van der Waals surface area contributed by atoms with E-state index in [4.69, 9.17) is 0 Å². The third-order valence-corrected chi connectivity index (χ3v) is 3.56. The molecule has 2 aromatic rings. The van der Waals surface area contributed by atoms with Gasteiger partial charge in [0.05, 0.1) is 0 Å². The van der Waals surface area contributed by atoms with E-state index in [0.29, 0.717) is 18.8 Å². The van der Waals surface area contributed by atoms with Crippen LogP contribution in [-0.4, -0.2) is 17.5 Å². The van der Waals surface area contributed by atoms with Crippen molar-refractivity contribution in [3.05, 3.63) is 52.5 Å². The Morgan fingerprint density at radius 3 is 2.65 bits per heavy atom. The van der Waals surface area contributed by atoms with Crippen molar-refractivity contribution in [1.29, 1.82) is 0 Å². The van der Waals surface area contributed by atoms with E-state index in [2.05, 4.69) is 5.32 Å². The molecule has 1 N–H and O–H groups in total. The second kappa shape index (κ2) is 7.05. The van der Waals surface area contributed by atoms with Crippen LogP contribution < -0.4 is 5.32 Å². The van der Waals surface area contributed by atoms with Crippen molar-refractivity contribution in [2.75, 3.05) is 11.9 Å². The summed E-state index contributed by atoms with van der Waals surface area (Å²) >= 11 is 1.62. The number of anilines is 1. The van der Waals surface area contributed by atoms with Gasteiger partial charge in [0.15, 0.2) is 0 Å². The lowest BCUT2D eigenvalue weighted by Gasteiger charge is -2.22. The molecule has 0 unspecified atom stereocenters. The fourth-order valence-electron chi connectivity index (χ4n) is 1.86. The van der Waals surface area contributed by atoms with Gasteiger partial charge in [0.1, 0.15) is 5.82 Å². The minimum Gasteiger partial charge on any atom is -0.320 e. The van der Waals surface area contributed by atoms with Gasteiger partial charge in [0, 0.05) is 18.8 Å². The van der Waals surface area contributed by atoms with Crippen LogP contribution in [0.1, 0.15) is 18.9 Å². The molecule has 0 saturated heterocycles. The molecular weight excluding hydrogens is 275 g/mol. The molecule has 0 atom stereocenters. The Hall–Kier alpha value is -1.88. The molecule has 0 bridgehead atoms. The molecule has 2 amide bonds. The van der Waals surface area contributed by atoms with Gasteiger partial charge in [-0.1, -0.05) is 6.92 Å². The largest absolute Gasteiger partial charge is 0.322 e. The number of amides is 2. The fraction of sp³-hybridized carbons (Fsp3) is 0.267. The highest BCUT2D eigenvalue weighted by atomic mass is 32.1. The average molecular weight is 292 g/mol. The van der Waals surface area contributed by atoms with Gasteiger partial charge in [-0.15, -0.1) is 0 Å². The SMILES string of the molecule is CCCN(Cc1ccsc1)C(=O)Nc1ccc(F)cc1. The van der Waals surface area contributed by atoms with Crippen LogP contribution in [0.2, 0.25) is 0 Å². The molecule has 3 nitrogen and oxygen atoms in total. The highest BCUT2D eigenvalue weighted by molar-refractivity contribution is 7.07. The van der Waals surface area contributed by atoms with Gasteiger partial charge in [-0.25, -0.2) is 9.18 Å². The molecule has 0 saturated carbocycles. The summed E-state index contributed by atoms with van der Waals surface area (Å²) in [5.74, 6) is -0.313. The smallest absolute Gasteiger partial charge is 0.320 e. The van der Waals surface area contributed by atoms with Crippen molar-refractivity contribution in [2.24, 2.45) is 0 Å². The summed E-state index contributed by atoms with van der Waals surface area (Å²) in [5, 5.41) is 6.82. The van der Waals surface area contributed by atoms with E-state index in [1.807, 2.05) is 23.8 Å². The third kappa shape index (κ3) is 4.06. The van der Waals surface area contributed by atoms with Crippen molar-refractivity contribution in [1.82, 2.24) is 4.90 Å². The highest BCUT2D eigenvalue weighted by Crippen LogP contribution is 2.13. The molecule has 0 fully saturated rings. The maximum absolute atomic E-state index is 12.8. The van der Waals surface area contributed by atoms with Crippen LogP contribution in [0.3, 0.4) is 0 Å². The molecule has 1 aromatic heterocycles. The van der Waals surface area contributed by atoms with Crippen LogP contribution in [0, 0.1) is 5.82 Å². The molecule has 0 aliphatic heterocycles. The van der Waals surface area contributed by atoms with E-state index in [-0.39, 0.29) is 11.8 Å². The summed E-state index contributed by atoms with van der Waals surface area (Å²) in [5.41, 5.74) is 1.72. The van der Waals surface area contributed by atoms with Crippen molar-refractivity contribution in [3.8, 4) is 0 Å². The predicted octanol–water partition coefficient (Wildman–Crippen LogP) is 4.33. The summed E-state index contributed by atoms with van der Waals surface area (Å²) in [6.07, 6.45) is 0.890. The average Bonchev–Trinajstić information content (AvgIpc) is 2.94. The van der Waals surface area contributed by atoms with Gasteiger partial charge in [0.25, 0.3) is 0 Å². The number of thiophene rings is 1. The molecule has 1 heterocycles. The van der Waals surface area contributed by atoms with Crippen molar-refractivity contribution in [2.45, 2.75) is 19.9 Å². The number of halogens is 1. The lowest BCUT2D eigenvalue weighted by Crippen LogP contribution is -2.34. The number of hydrogen-bond donors (Lipinski definition) is 1. The molecule has 2 rings (SSSR count). The number of nitrogens with one attached hydrogen (secondary N) is 1. The number of rotatable bonds is 5. The van der Waals surface area contributed by atoms with E-state index in [1.165, 1.54) is 12.1 Å². The van der Waals surface area contributed by atoms with Gasteiger partial charge in [-0.2, -0.15) is 11.3 Å². The van der Waals surface area contributed by atoms with E-state index in [1.54, 1.807) is 28.4 Å². The summed E-state index contributed by atoms with van der Waals surface area (Å²) in [6.45, 7) is 3.30. The molecule has 20 heavy (non-hydrogen) atoms. The standard InChI is InChI=1S/C15H17FN2OS/c1-2-8-18(10-12-7-9-20-11-12)15(19)17-14-5-3-13(16)4-6-14/h3-7,9,11H,2,8,10H2,1H3,(H,17,19). The first-order chi connectivity index (χ1) is 9.69. The van der Waals surface area contributed by atoms with Crippen LogP contribution in [0.15, 0.2) is 41.1 Å². The van der Waals surface area contributed by atoms with Gasteiger partial charge in [-0.3, -0.25) is 0 Å².